The van der Waals surface area contributed by atoms with Crippen LogP contribution in [0.4, 0.5) is 4.39 Å². The van der Waals surface area contributed by atoms with Gasteiger partial charge in [-0.1, -0.05) is 84.0 Å². The van der Waals surface area contributed by atoms with Crippen molar-refractivity contribution in [1.29, 1.82) is 0 Å². The summed E-state index contributed by atoms with van der Waals surface area (Å²) in [6.45, 7) is 11.0. The van der Waals surface area contributed by atoms with Gasteiger partial charge in [-0.3, -0.25) is 0 Å². The second-order valence-electron chi connectivity index (χ2n) is 7.78. The number of hydrogen-bond acceptors (Lipinski definition) is 2. The first-order valence-corrected chi connectivity index (χ1v) is 11.4. The van der Waals surface area contributed by atoms with Gasteiger partial charge in [-0.05, 0) is 90.2 Å². The fourth-order valence-corrected chi connectivity index (χ4v) is 2.36. The van der Waals surface area contributed by atoms with Crippen LogP contribution in [0.1, 0.15) is 65.5 Å². The molecule has 0 fully saturated rings. The smallest absolute Gasteiger partial charge is 0.123 e. The Kier molecular flexibility index (Phi) is 26.9. The quantitative estimate of drug-likeness (QED) is 0.443. The summed E-state index contributed by atoms with van der Waals surface area (Å²) in [5, 5.41) is 0. The Morgan fingerprint density at radius 2 is 1.06 bits per heavy atom. The van der Waals surface area contributed by atoms with Gasteiger partial charge in [0.1, 0.15) is 5.82 Å². The highest BCUT2D eigenvalue weighted by atomic mass is 19.1. The molecule has 2 nitrogen and oxygen atoms in total. The summed E-state index contributed by atoms with van der Waals surface area (Å²) in [7, 11) is 8.39. The van der Waals surface area contributed by atoms with E-state index in [4.69, 9.17) is 0 Å². The number of nitrogens with zero attached hydrogens (tertiary/aromatic N) is 2. The van der Waals surface area contributed by atoms with Gasteiger partial charge in [-0.2, -0.15) is 0 Å². The number of aryl methyl sites for hydroxylation is 2. The lowest BCUT2D eigenvalue weighted by Gasteiger charge is -2.05. The predicted octanol–water partition coefficient (Wildman–Crippen LogP) is 7.58. The van der Waals surface area contributed by atoms with E-state index in [0.29, 0.717) is 0 Å². The molecule has 0 aromatic heterocycles. The fourth-order valence-electron chi connectivity index (χ4n) is 2.36. The highest BCUT2D eigenvalue weighted by molar-refractivity contribution is 5.15. The van der Waals surface area contributed by atoms with E-state index in [1.54, 1.807) is 12.1 Å². The molecule has 0 heterocycles. The van der Waals surface area contributed by atoms with E-state index in [1.165, 1.54) is 55.6 Å². The SMILES string of the molecule is C.CCCCN(C)C.CCCN(C)C.CCc1ccc(F)cc1.CCc1ccccc1. The summed E-state index contributed by atoms with van der Waals surface area (Å²) in [6.07, 6.45) is 6.00. The molecule has 0 radical (unpaired) electrons. The van der Waals surface area contributed by atoms with Crippen LogP contribution in [0, 0.1) is 5.82 Å². The highest BCUT2D eigenvalue weighted by Crippen LogP contribution is 2.02. The maximum Gasteiger partial charge on any atom is 0.123 e. The summed E-state index contributed by atoms with van der Waals surface area (Å²) in [5.74, 6) is -0.160. The number of hydrogen-bond donors (Lipinski definition) is 0. The van der Waals surface area contributed by atoms with E-state index in [0.717, 1.165) is 12.8 Å². The second kappa shape index (κ2) is 24.6. The van der Waals surface area contributed by atoms with Crippen molar-refractivity contribution >= 4 is 0 Å². The summed E-state index contributed by atoms with van der Waals surface area (Å²) in [5.41, 5.74) is 2.59. The summed E-state index contributed by atoms with van der Waals surface area (Å²) < 4.78 is 12.2. The van der Waals surface area contributed by atoms with Crippen LogP contribution in [0.5, 0.6) is 0 Å². The van der Waals surface area contributed by atoms with Gasteiger partial charge in [-0.25, -0.2) is 4.39 Å². The Morgan fingerprint density at radius 3 is 1.32 bits per heavy atom. The monoisotopic (exact) mass is 434 g/mol. The molecule has 31 heavy (non-hydrogen) atoms. The molecule has 0 aliphatic carbocycles. The van der Waals surface area contributed by atoms with Crippen LogP contribution in [0.25, 0.3) is 0 Å². The molecule has 0 aliphatic heterocycles. The van der Waals surface area contributed by atoms with Crippen molar-refractivity contribution in [1.82, 2.24) is 9.80 Å². The first-order valence-electron chi connectivity index (χ1n) is 11.4. The van der Waals surface area contributed by atoms with E-state index in [1.807, 2.05) is 13.0 Å². The molecule has 0 saturated carbocycles. The molecule has 2 aromatic rings. The Balaban J connectivity index is -0.000000338. The van der Waals surface area contributed by atoms with Crippen molar-refractivity contribution in [2.75, 3.05) is 41.3 Å². The molecule has 0 unspecified atom stereocenters. The lowest BCUT2D eigenvalue weighted by Crippen LogP contribution is -2.12. The molecule has 2 aromatic carbocycles. The van der Waals surface area contributed by atoms with Crippen LogP contribution in [0.2, 0.25) is 0 Å². The van der Waals surface area contributed by atoms with Gasteiger partial charge in [0.15, 0.2) is 0 Å². The Hall–Kier alpha value is -1.71. The van der Waals surface area contributed by atoms with Crippen LogP contribution >= 0.6 is 0 Å². The Labute approximate surface area is 194 Å². The maximum atomic E-state index is 12.2. The standard InChI is InChI=1S/C8H9F.C8H10.C6H15N.C5H13N.CH4/c1-2-7-3-5-8(9)6-4-7;1-2-8-6-4-3-5-7-8;1-4-5-6-7(2)3;1-4-5-6(2)3;/h3-6H,2H2,1H3;3-7H,2H2,1H3;4-6H2,1-3H3;4-5H2,1-3H3;1H4. The Bertz CT molecular complexity index is 565. The van der Waals surface area contributed by atoms with Crippen molar-refractivity contribution < 1.29 is 4.39 Å². The fraction of sp³-hybridized carbons (Fsp3) is 0.571. The average molecular weight is 435 g/mol. The molecule has 0 amide bonds. The van der Waals surface area contributed by atoms with Crippen LogP contribution in [-0.4, -0.2) is 51.1 Å². The zero-order valence-corrected chi connectivity index (χ0v) is 20.9. The number of benzene rings is 2. The molecule has 0 saturated heterocycles. The van der Waals surface area contributed by atoms with E-state index in [2.05, 4.69) is 83.0 Å². The molecule has 0 bridgehead atoms. The van der Waals surface area contributed by atoms with Gasteiger partial charge in [0, 0.05) is 0 Å². The molecule has 0 N–H and O–H groups in total. The van der Waals surface area contributed by atoms with Crippen LogP contribution in [0.15, 0.2) is 54.6 Å². The molecule has 0 aliphatic rings. The topological polar surface area (TPSA) is 6.48 Å². The average Bonchev–Trinajstić information content (AvgIpc) is 2.74. The van der Waals surface area contributed by atoms with Gasteiger partial charge in [0.25, 0.3) is 0 Å². The molecule has 2 rings (SSSR count). The van der Waals surface area contributed by atoms with Crippen LogP contribution in [0.3, 0.4) is 0 Å². The van der Waals surface area contributed by atoms with Crippen molar-refractivity contribution in [2.45, 2.75) is 67.2 Å². The predicted molar refractivity (Wildman–Crippen MR) is 141 cm³/mol. The first kappa shape index (κ1) is 33.9. The van der Waals surface area contributed by atoms with E-state index < -0.39 is 0 Å². The van der Waals surface area contributed by atoms with Crippen molar-refractivity contribution in [3.05, 3.63) is 71.5 Å². The molecular formula is C28H51FN2. The third-order valence-electron chi connectivity index (χ3n) is 4.20. The second-order valence-corrected chi connectivity index (χ2v) is 7.78. The summed E-state index contributed by atoms with van der Waals surface area (Å²) >= 11 is 0. The number of rotatable bonds is 7. The minimum Gasteiger partial charge on any atom is -0.309 e. The molecule has 0 atom stereocenters. The molecule has 3 heteroatoms. The maximum absolute atomic E-state index is 12.2. The summed E-state index contributed by atoms with van der Waals surface area (Å²) in [4.78, 5) is 4.39. The highest BCUT2D eigenvalue weighted by Gasteiger charge is 1.87. The largest absolute Gasteiger partial charge is 0.309 e. The van der Waals surface area contributed by atoms with Gasteiger partial charge < -0.3 is 9.80 Å². The Morgan fingerprint density at radius 1 is 0.613 bits per heavy atom. The van der Waals surface area contributed by atoms with E-state index in [-0.39, 0.29) is 13.2 Å². The van der Waals surface area contributed by atoms with E-state index >= 15 is 0 Å². The summed E-state index contributed by atoms with van der Waals surface area (Å²) in [6, 6.07) is 17.0. The minimum absolute atomic E-state index is 0. The van der Waals surface area contributed by atoms with Gasteiger partial charge in [-0.15, -0.1) is 0 Å². The zero-order valence-electron chi connectivity index (χ0n) is 20.9. The van der Waals surface area contributed by atoms with Crippen molar-refractivity contribution in [3.63, 3.8) is 0 Å². The zero-order chi connectivity index (χ0) is 23.2. The normalized spacial score (nSPS) is 9.39. The number of unbranched alkanes of at least 4 members (excludes halogenated alkanes) is 1. The third kappa shape index (κ3) is 26.3. The van der Waals surface area contributed by atoms with Crippen LogP contribution < -0.4 is 0 Å². The van der Waals surface area contributed by atoms with Gasteiger partial charge in [0.05, 0.1) is 0 Å². The lowest BCUT2D eigenvalue weighted by atomic mass is 10.2. The number of halogens is 1. The molecular weight excluding hydrogens is 383 g/mol. The van der Waals surface area contributed by atoms with E-state index in [9.17, 15) is 4.39 Å². The van der Waals surface area contributed by atoms with Crippen molar-refractivity contribution in [2.24, 2.45) is 0 Å². The lowest BCUT2D eigenvalue weighted by molar-refractivity contribution is 0.398. The van der Waals surface area contributed by atoms with Crippen molar-refractivity contribution in [3.8, 4) is 0 Å². The molecule has 0 spiro atoms. The van der Waals surface area contributed by atoms with Gasteiger partial charge in [0.2, 0.25) is 0 Å². The minimum atomic E-state index is -0.160. The molecule has 180 valence electrons. The third-order valence-corrected chi connectivity index (χ3v) is 4.20. The first-order chi connectivity index (χ1) is 14.3. The van der Waals surface area contributed by atoms with Crippen LogP contribution in [-0.2, 0) is 12.8 Å². The van der Waals surface area contributed by atoms with Gasteiger partial charge >= 0.3 is 0 Å².